The number of hydrogen-bond donors (Lipinski definition) is 0. The molecule has 3 nitrogen and oxygen atoms in total. The minimum Gasteiger partial charge on any atom is -0.486 e. The van der Waals surface area contributed by atoms with E-state index in [1.807, 2.05) is 30.3 Å². The second-order valence-electron chi connectivity index (χ2n) is 4.24. The zero-order valence-electron chi connectivity index (χ0n) is 10.4. The van der Waals surface area contributed by atoms with Gasteiger partial charge in [-0.25, -0.2) is 14.4 Å². The van der Waals surface area contributed by atoms with Crippen molar-refractivity contribution < 1.29 is 9.13 Å². The Morgan fingerprint density at radius 3 is 2.70 bits per heavy atom. The van der Waals surface area contributed by atoms with Crippen LogP contribution in [-0.2, 0) is 6.61 Å². The lowest BCUT2D eigenvalue weighted by Gasteiger charge is -2.08. The average molecular weight is 289 g/mol. The van der Waals surface area contributed by atoms with Gasteiger partial charge in [-0.3, -0.25) is 0 Å². The number of hydrogen-bond acceptors (Lipinski definition) is 3. The van der Waals surface area contributed by atoms with Crippen molar-refractivity contribution in [3.8, 4) is 5.75 Å². The lowest BCUT2D eigenvalue weighted by atomic mass is 10.2. The molecular weight excluding hydrogens is 279 g/mol. The van der Waals surface area contributed by atoms with Crippen LogP contribution in [0.15, 0.2) is 48.8 Å². The Balaban J connectivity index is 1.90. The molecule has 0 unspecified atom stereocenters. The normalized spacial score (nSPS) is 10.7. The highest BCUT2D eigenvalue weighted by molar-refractivity contribution is 6.34. The van der Waals surface area contributed by atoms with Gasteiger partial charge in [-0.1, -0.05) is 41.9 Å². The van der Waals surface area contributed by atoms with Gasteiger partial charge in [-0.05, 0) is 11.6 Å². The summed E-state index contributed by atoms with van der Waals surface area (Å²) in [6.45, 7) is 0.294. The monoisotopic (exact) mass is 288 g/mol. The SMILES string of the molecule is Fc1cc2c(Cl)ncnc2cc1OCc1ccccc1. The standard InChI is InChI=1S/C15H10ClFN2O/c16-15-11-6-12(17)14(7-13(11)18-9-19-15)20-8-10-4-2-1-3-5-10/h1-7,9H,8H2. The predicted molar refractivity (Wildman–Crippen MR) is 75.3 cm³/mol. The summed E-state index contributed by atoms with van der Waals surface area (Å²) >= 11 is 5.90. The molecule has 0 fully saturated rings. The molecule has 3 aromatic rings. The van der Waals surface area contributed by atoms with Gasteiger partial charge in [0.05, 0.1) is 5.52 Å². The molecule has 0 aliphatic heterocycles. The molecule has 5 heteroatoms. The number of benzene rings is 2. The van der Waals surface area contributed by atoms with E-state index in [1.54, 1.807) is 0 Å². The molecule has 0 spiro atoms. The Hall–Kier alpha value is -2.20. The van der Waals surface area contributed by atoms with Crippen molar-refractivity contribution in [1.82, 2.24) is 9.97 Å². The number of halogens is 2. The summed E-state index contributed by atoms with van der Waals surface area (Å²) in [5.74, 6) is -0.332. The largest absolute Gasteiger partial charge is 0.486 e. The van der Waals surface area contributed by atoms with E-state index in [4.69, 9.17) is 16.3 Å². The summed E-state index contributed by atoms with van der Waals surface area (Å²) in [6.07, 6.45) is 1.34. The van der Waals surface area contributed by atoms with Crippen molar-refractivity contribution in [3.63, 3.8) is 0 Å². The van der Waals surface area contributed by atoms with Crippen LogP contribution in [-0.4, -0.2) is 9.97 Å². The maximum Gasteiger partial charge on any atom is 0.165 e. The zero-order chi connectivity index (χ0) is 13.9. The topological polar surface area (TPSA) is 35.0 Å². The third-order valence-electron chi connectivity index (χ3n) is 2.88. The molecule has 0 bridgehead atoms. The van der Waals surface area contributed by atoms with Gasteiger partial charge in [0, 0.05) is 11.5 Å². The Morgan fingerprint density at radius 1 is 1.10 bits per heavy atom. The molecule has 1 aromatic heterocycles. The van der Waals surface area contributed by atoms with Gasteiger partial charge in [0.1, 0.15) is 18.1 Å². The van der Waals surface area contributed by atoms with E-state index >= 15 is 0 Å². The molecule has 0 saturated heterocycles. The molecule has 0 atom stereocenters. The van der Waals surface area contributed by atoms with Crippen molar-refractivity contribution in [3.05, 3.63) is 65.3 Å². The number of nitrogens with zero attached hydrogens (tertiary/aromatic N) is 2. The molecule has 100 valence electrons. The summed E-state index contributed by atoms with van der Waals surface area (Å²) in [7, 11) is 0. The van der Waals surface area contributed by atoms with Crippen molar-refractivity contribution in [2.24, 2.45) is 0 Å². The number of aromatic nitrogens is 2. The van der Waals surface area contributed by atoms with Crippen molar-refractivity contribution in [2.45, 2.75) is 6.61 Å². The van der Waals surface area contributed by atoms with Gasteiger partial charge in [0.2, 0.25) is 0 Å². The van der Waals surface area contributed by atoms with Gasteiger partial charge in [0.25, 0.3) is 0 Å². The molecule has 20 heavy (non-hydrogen) atoms. The molecule has 0 aliphatic carbocycles. The highest BCUT2D eigenvalue weighted by atomic mass is 35.5. The molecular formula is C15H10ClFN2O. The lowest BCUT2D eigenvalue weighted by Crippen LogP contribution is -1.98. The van der Waals surface area contributed by atoms with Crippen LogP contribution in [0.25, 0.3) is 10.9 Å². The van der Waals surface area contributed by atoms with Gasteiger partial charge < -0.3 is 4.74 Å². The fraction of sp³-hybridized carbons (Fsp3) is 0.0667. The number of fused-ring (bicyclic) bond motifs is 1. The summed E-state index contributed by atoms with van der Waals surface area (Å²) in [5, 5.41) is 0.697. The molecule has 0 amide bonds. The third-order valence-corrected chi connectivity index (χ3v) is 3.18. The molecule has 0 N–H and O–H groups in total. The molecule has 2 aromatic carbocycles. The minimum atomic E-state index is -0.481. The first-order valence-electron chi connectivity index (χ1n) is 6.00. The number of rotatable bonds is 3. The van der Waals surface area contributed by atoms with Crippen molar-refractivity contribution in [2.75, 3.05) is 0 Å². The Bertz CT molecular complexity index is 749. The van der Waals surface area contributed by atoms with Gasteiger partial charge >= 0.3 is 0 Å². The average Bonchev–Trinajstić information content (AvgIpc) is 2.47. The molecule has 0 saturated carbocycles. The first-order valence-corrected chi connectivity index (χ1v) is 6.38. The second kappa shape index (κ2) is 5.43. The third kappa shape index (κ3) is 2.56. The number of ether oxygens (including phenoxy) is 1. The van der Waals surface area contributed by atoms with E-state index in [0.29, 0.717) is 17.5 Å². The molecule has 1 heterocycles. The van der Waals surface area contributed by atoms with Crippen molar-refractivity contribution in [1.29, 1.82) is 0 Å². The van der Waals surface area contributed by atoms with E-state index in [0.717, 1.165) is 5.56 Å². The van der Waals surface area contributed by atoms with Crippen molar-refractivity contribution >= 4 is 22.5 Å². The van der Waals surface area contributed by atoms with E-state index in [2.05, 4.69) is 9.97 Å². The van der Waals surface area contributed by atoms with Crippen LogP contribution in [0.4, 0.5) is 4.39 Å². The van der Waals surface area contributed by atoms with Gasteiger partial charge in [-0.2, -0.15) is 0 Å². The fourth-order valence-corrected chi connectivity index (χ4v) is 2.07. The van der Waals surface area contributed by atoms with E-state index in [-0.39, 0.29) is 10.9 Å². The highest BCUT2D eigenvalue weighted by Crippen LogP contribution is 2.27. The maximum atomic E-state index is 14.0. The minimum absolute atomic E-state index is 0.149. The Labute approximate surface area is 120 Å². The van der Waals surface area contributed by atoms with Crippen LogP contribution in [0.2, 0.25) is 5.15 Å². The van der Waals surface area contributed by atoms with Crippen LogP contribution in [0, 0.1) is 5.82 Å². The van der Waals surface area contributed by atoms with Crippen LogP contribution < -0.4 is 4.74 Å². The lowest BCUT2D eigenvalue weighted by molar-refractivity contribution is 0.291. The molecule has 0 radical (unpaired) electrons. The summed E-state index contributed by atoms with van der Waals surface area (Å²) in [5.41, 5.74) is 1.52. The highest BCUT2D eigenvalue weighted by Gasteiger charge is 2.09. The smallest absolute Gasteiger partial charge is 0.165 e. The first-order chi connectivity index (χ1) is 9.74. The maximum absolute atomic E-state index is 14.0. The van der Waals surface area contributed by atoms with Crippen LogP contribution in [0.1, 0.15) is 5.56 Å². The summed E-state index contributed by atoms with van der Waals surface area (Å²) < 4.78 is 19.5. The van der Waals surface area contributed by atoms with Crippen LogP contribution in [0.3, 0.4) is 0 Å². The van der Waals surface area contributed by atoms with Gasteiger partial charge in [0.15, 0.2) is 11.6 Å². The van der Waals surface area contributed by atoms with Gasteiger partial charge in [-0.15, -0.1) is 0 Å². The summed E-state index contributed by atoms with van der Waals surface area (Å²) in [4.78, 5) is 7.88. The summed E-state index contributed by atoms with van der Waals surface area (Å²) in [6, 6.07) is 12.4. The Kier molecular flexibility index (Phi) is 3.48. The van der Waals surface area contributed by atoms with Crippen LogP contribution in [0.5, 0.6) is 5.75 Å². The molecule has 3 rings (SSSR count). The molecule has 0 aliphatic rings. The predicted octanol–water partition coefficient (Wildman–Crippen LogP) is 4.00. The quantitative estimate of drug-likeness (QED) is 0.683. The van der Waals surface area contributed by atoms with E-state index < -0.39 is 5.82 Å². The fourth-order valence-electron chi connectivity index (χ4n) is 1.87. The Morgan fingerprint density at radius 2 is 1.90 bits per heavy atom. The first kappa shape index (κ1) is 12.8. The van der Waals surface area contributed by atoms with E-state index in [9.17, 15) is 4.39 Å². The zero-order valence-corrected chi connectivity index (χ0v) is 11.1. The second-order valence-corrected chi connectivity index (χ2v) is 4.60. The van der Waals surface area contributed by atoms with Crippen LogP contribution >= 0.6 is 11.6 Å². The van der Waals surface area contributed by atoms with E-state index in [1.165, 1.54) is 18.5 Å².